The highest BCUT2D eigenvalue weighted by Gasteiger charge is 2.32. The molecule has 0 N–H and O–H groups in total. The summed E-state index contributed by atoms with van der Waals surface area (Å²) in [5, 5.41) is 0.692. The normalized spacial score (nSPS) is 13.1. The summed E-state index contributed by atoms with van der Waals surface area (Å²) in [6, 6.07) is 16.5. The van der Waals surface area contributed by atoms with Crippen molar-refractivity contribution in [2.24, 2.45) is 5.41 Å². The van der Waals surface area contributed by atoms with E-state index in [1.165, 1.54) is 6.07 Å². The van der Waals surface area contributed by atoms with Crippen molar-refractivity contribution in [2.45, 2.75) is 26.2 Å². The van der Waals surface area contributed by atoms with Crippen molar-refractivity contribution in [3.63, 3.8) is 0 Å². The predicted octanol–water partition coefficient (Wildman–Crippen LogP) is 4.76. The molecule has 26 heavy (non-hydrogen) atoms. The van der Waals surface area contributed by atoms with Crippen LogP contribution in [0.1, 0.15) is 24.5 Å². The maximum atomic E-state index is 13.8. The second kappa shape index (κ2) is 7.49. The molecule has 0 fully saturated rings. The van der Waals surface area contributed by atoms with E-state index in [4.69, 9.17) is 6.42 Å². The van der Waals surface area contributed by atoms with Crippen molar-refractivity contribution in [1.29, 1.82) is 0 Å². The van der Waals surface area contributed by atoms with Crippen LogP contribution in [0.4, 0.5) is 4.39 Å². The Morgan fingerprint density at radius 1 is 1.15 bits per heavy atom. The monoisotopic (exact) mass is 345 g/mol. The number of Topliss-reactive ketones (excluding diaryl/α,β-unsaturated/α-hetero) is 1. The number of ketones is 1. The van der Waals surface area contributed by atoms with Gasteiger partial charge in [-0.3, -0.25) is 9.78 Å². The molecule has 0 radical (unpaired) electrons. The average molecular weight is 345 g/mol. The van der Waals surface area contributed by atoms with Crippen LogP contribution >= 0.6 is 0 Å². The van der Waals surface area contributed by atoms with Crippen LogP contribution in [-0.4, -0.2) is 10.8 Å². The Morgan fingerprint density at radius 3 is 2.65 bits per heavy atom. The molecule has 1 heterocycles. The molecular weight excluding hydrogens is 325 g/mol. The summed E-state index contributed by atoms with van der Waals surface area (Å²) < 4.78 is 13.8. The molecular formula is C23H20FNO. The highest BCUT2D eigenvalue weighted by Crippen LogP contribution is 2.29. The van der Waals surface area contributed by atoms with Crippen molar-refractivity contribution in [2.75, 3.05) is 0 Å². The van der Waals surface area contributed by atoms with Crippen LogP contribution in [0.3, 0.4) is 0 Å². The molecule has 0 saturated carbocycles. The Bertz CT molecular complexity index is 974. The Labute approximate surface area is 153 Å². The van der Waals surface area contributed by atoms with Crippen LogP contribution in [0.2, 0.25) is 0 Å². The van der Waals surface area contributed by atoms with Crippen molar-refractivity contribution in [3.05, 3.63) is 77.7 Å². The fourth-order valence-electron chi connectivity index (χ4n) is 3.20. The SMILES string of the molecule is C#CCC(C)(Cc1ccccc1)C(=O)Cc1cnc2c(F)cccc2c1. The lowest BCUT2D eigenvalue weighted by molar-refractivity contribution is -0.127. The molecule has 1 unspecified atom stereocenters. The van der Waals surface area contributed by atoms with Gasteiger partial charge in [-0.15, -0.1) is 12.3 Å². The molecule has 0 bridgehead atoms. The maximum absolute atomic E-state index is 13.8. The van der Waals surface area contributed by atoms with Crippen molar-refractivity contribution in [1.82, 2.24) is 4.98 Å². The van der Waals surface area contributed by atoms with Crippen LogP contribution in [0.5, 0.6) is 0 Å². The molecule has 1 atom stereocenters. The summed E-state index contributed by atoms with van der Waals surface area (Å²) in [5.41, 5.74) is 1.52. The molecule has 0 aliphatic rings. The van der Waals surface area contributed by atoms with E-state index in [2.05, 4.69) is 10.9 Å². The first-order valence-electron chi connectivity index (χ1n) is 8.56. The summed E-state index contributed by atoms with van der Waals surface area (Å²) in [7, 11) is 0. The zero-order valence-electron chi connectivity index (χ0n) is 14.7. The van der Waals surface area contributed by atoms with Gasteiger partial charge in [0.1, 0.15) is 17.1 Å². The molecule has 0 amide bonds. The van der Waals surface area contributed by atoms with Crippen LogP contribution in [-0.2, 0) is 17.6 Å². The molecule has 0 aliphatic carbocycles. The number of hydrogen-bond acceptors (Lipinski definition) is 2. The Kier molecular flexibility index (Phi) is 5.14. The fraction of sp³-hybridized carbons (Fsp3) is 0.217. The molecule has 0 spiro atoms. The highest BCUT2D eigenvalue weighted by atomic mass is 19.1. The van der Waals surface area contributed by atoms with E-state index < -0.39 is 5.41 Å². The topological polar surface area (TPSA) is 30.0 Å². The third-order valence-corrected chi connectivity index (χ3v) is 4.69. The quantitative estimate of drug-likeness (QED) is 0.603. The molecule has 1 aromatic heterocycles. The second-order valence-electron chi connectivity index (χ2n) is 6.86. The first-order chi connectivity index (χ1) is 12.5. The minimum atomic E-state index is -0.646. The highest BCUT2D eigenvalue weighted by molar-refractivity contribution is 5.88. The summed E-state index contributed by atoms with van der Waals surface area (Å²) in [4.78, 5) is 17.2. The largest absolute Gasteiger partial charge is 0.299 e. The smallest absolute Gasteiger partial charge is 0.149 e. The second-order valence-corrected chi connectivity index (χ2v) is 6.86. The van der Waals surface area contributed by atoms with E-state index in [0.29, 0.717) is 23.7 Å². The van der Waals surface area contributed by atoms with Gasteiger partial charge in [0, 0.05) is 29.8 Å². The molecule has 0 saturated heterocycles. The van der Waals surface area contributed by atoms with Gasteiger partial charge in [-0.25, -0.2) is 4.39 Å². The summed E-state index contributed by atoms with van der Waals surface area (Å²) >= 11 is 0. The number of rotatable bonds is 6. The number of carbonyl (C=O) groups is 1. The van der Waals surface area contributed by atoms with Gasteiger partial charge < -0.3 is 0 Å². The molecule has 3 aromatic rings. The van der Waals surface area contributed by atoms with Gasteiger partial charge in [0.05, 0.1) is 0 Å². The third kappa shape index (κ3) is 3.81. The van der Waals surface area contributed by atoms with E-state index in [-0.39, 0.29) is 18.0 Å². The lowest BCUT2D eigenvalue weighted by atomic mass is 9.75. The zero-order chi connectivity index (χ0) is 18.6. The Balaban J connectivity index is 1.85. The number of pyridine rings is 1. The first-order valence-corrected chi connectivity index (χ1v) is 8.56. The van der Waals surface area contributed by atoms with Crippen molar-refractivity contribution < 1.29 is 9.18 Å². The molecule has 3 heteroatoms. The standard InChI is InChI=1S/C23H20FNO/c1-3-12-23(2,15-17-8-5-4-6-9-17)21(26)14-18-13-19-10-7-11-20(24)22(19)25-16-18/h1,4-11,13,16H,12,14-15H2,2H3. The predicted molar refractivity (Wildman–Crippen MR) is 102 cm³/mol. The Morgan fingerprint density at radius 2 is 1.92 bits per heavy atom. The molecule has 3 rings (SSSR count). The van der Waals surface area contributed by atoms with Crippen LogP contribution in [0.25, 0.3) is 10.9 Å². The van der Waals surface area contributed by atoms with Gasteiger partial charge in [0.25, 0.3) is 0 Å². The number of hydrogen-bond donors (Lipinski definition) is 0. The zero-order valence-corrected chi connectivity index (χ0v) is 14.7. The summed E-state index contributed by atoms with van der Waals surface area (Å²) in [6.45, 7) is 1.91. The van der Waals surface area contributed by atoms with Gasteiger partial charge >= 0.3 is 0 Å². The summed E-state index contributed by atoms with van der Waals surface area (Å²) in [6.07, 6.45) is 8.29. The lowest BCUT2D eigenvalue weighted by Crippen LogP contribution is -2.31. The van der Waals surface area contributed by atoms with E-state index >= 15 is 0 Å². The average Bonchev–Trinajstić information content (AvgIpc) is 2.63. The molecule has 2 nitrogen and oxygen atoms in total. The number of carbonyl (C=O) groups excluding carboxylic acids is 1. The van der Waals surface area contributed by atoms with Crippen LogP contribution in [0.15, 0.2) is 60.8 Å². The lowest BCUT2D eigenvalue weighted by Gasteiger charge is -2.26. The van der Waals surface area contributed by atoms with Crippen LogP contribution in [0, 0.1) is 23.6 Å². The number of aromatic nitrogens is 1. The Hall–Kier alpha value is -2.99. The van der Waals surface area contributed by atoms with Gasteiger partial charge in [0.2, 0.25) is 0 Å². The minimum absolute atomic E-state index is 0.0665. The minimum Gasteiger partial charge on any atom is -0.299 e. The number of nitrogens with zero attached hydrogens (tertiary/aromatic N) is 1. The fourth-order valence-corrected chi connectivity index (χ4v) is 3.20. The number of benzene rings is 2. The van der Waals surface area contributed by atoms with Crippen molar-refractivity contribution >= 4 is 16.7 Å². The molecule has 0 aliphatic heterocycles. The van der Waals surface area contributed by atoms with Gasteiger partial charge in [-0.05, 0) is 29.7 Å². The number of fused-ring (bicyclic) bond motifs is 1. The van der Waals surface area contributed by atoms with Gasteiger partial charge in [-0.1, -0.05) is 49.4 Å². The number of halogens is 1. The van der Waals surface area contributed by atoms with Crippen molar-refractivity contribution in [3.8, 4) is 12.3 Å². The number of terminal acetylenes is 1. The summed E-state index contributed by atoms with van der Waals surface area (Å²) in [5.74, 6) is 2.35. The molecule has 130 valence electrons. The van der Waals surface area contributed by atoms with E-state index in [0.717, 1.165) is 11.1 Å². The van der Waals surface area contributed by atoms with Gasteiger partial charge in [0.15, 0.2) is 0 Å². The van der Waals surface area contributed by atoms with E-state index in [9.17, 15) is 9.18 Å². The third-order valence-electron chi connectivity index (χ3n) is 4.69. The first kappa shape index (κ1) is 17.8. The van der Waals surface area contributed by atoms with Gasteiger partial charge in [-0.2, -0.15) is 0 Å². The van der Waals surface area contributed by atoms with E-state index in [1.807, 2.05) is 43.3 Å². The van der Waals surface area contributed by atoms with E-state index in [1.54, 1.807) is 18.3 Å². The molecule has 2 aromatic carbocycles. The maximum Gasteiger partial charge on any atom is 0.149 e. The number of para-hydroxylation sites is 1. The van der Waals surface area contributed by atoms with Crippen LogP contribution < -0.4 is 0 Å².